The summed E-state index contributed by atoms with van der Waals surface area (Å²) in [6.07, 6.45) is 1.98. The molecule has 0 spiro atoms. The van der Waals surface area contributed by atoms with Crippen molar-refractivity contribution >= 4 is 33.4 Å². The van der Waals surface area contributed by atoms with Crippen LogP contribution in [0.5, 0.6) is 5.75 Å². The SMILES string of the molecule is CCC(C)(C)NC(=O)C(=O)N1CC2COc3c(cn(C)c3C(=O)Nc3ccc(C)c(C)c3)S(=O)(=O)NC2C1. The number of ether oxygens (including phenoxy) is 1. The molecule has 1 fully saturated rings. The topological polar surface area (TPSA) is 139 Å². The van der Waals surface area contributed by atoms with Gasteiger partial charge in [0, 0.05) is 49.5 Å². The molecule has 11 nitrogen and oxygen atoms in total. The molecule has 3 N–H and O–H groups in total. The lowest BCUT2D eigenvalue weighted by molar-refractivity contribution is -0.146. The van der Waals surface area contributed by atoms with E-state index in [0.717, 1.165) is 11.1 Å². The molecule has 0 aliphatic carbocycles. The summed E-state index contributed by atoms with van der Waals surface area (Å²) in [6.45, 7) is 9.68. The van der Waals surface area contributed by atoms with Gasteiger partial charge in [0.25, 0.3) is 5.91 Å². The van der Waals surface area contributed by atoms with Crippen molar-refractivity contribution in [3.8, 4) is 5.75 Å². The quantitative estimate of drug-likeness (QED) is 0.500. The molecule has 3 heterocycles. The van der Waals surface area contributed by atoms with Gasteiger partial charge in [-0.1, -0.05) is 13.0 Å². The van der Waals surface area contributed by atoms with Gasteiger partial charge in [-0.2, -0.15) is 0 Å². The number of amides is 3. The minimum atomic E-state index is -4.09. The minimum absolute atomic E-state index is 0.0361. The fourth-order valence-electron chi connectivity index (χ4n) is 4.57. The van der Waals surface area contributed by atoms with Crippen LogP contribution in [0.25, 0.3) is 0 Å². The van der Waals surface area contributed by atoms with E-state index < -0.39 is 45.2 Å². The maximum absolute atomic E-state index is 13.3. The summed E-state index contributed by atoms with van der Waals surface area (Å²) in [5, 5.41) is 5.54. The zero-order valence-electron chi connectivity index (χ0n) is 22.5. The molecule has 0 saturated carbocycles. The van der Waals surface area contributed by atoms with Crippen LogP contribution in [0.2, 0.25) is 0 Å². The Kier molecular flexibility index (Phi) is 7.32. The summed E-state index contributed by atoms with van der Waals surface area (Å²) in [7, 11) is -2.51. The summed E-state index contributed by atoms with van der Waals surface area (Å²) < 4.78 is 36.7. The van der Waals surface area contributed by atoms with Crippen molar-refractivity contribution in [1.82, 2.24) is 19.5 Å². The highest BCUT2D eigenvalue weighted by atomic mass is 32.2. The Labute approximate surface area is 223 Å². The zero-order chi connectivity index (χ0) is 28.0. The molecule has 1 aromatic carbocycles. The van der Waals surface area contributed by atoms with Crippen LogP contribution in [0.4, 0.5) is 5.69 Å². The third-order valence-corrected chi connectivity index (χ3v) is 8.86. The van der Waals surface area contributed by atoms with E-state index in [-0.39, 0.29) is 36.0 Å². The highest BCUT2D eigenvalue weighted by Crippen LogP contribution is 2.34. The van der Waals surface area contributed by atoms with Gasteiger partial charge in [-0.05, 0) is 57.4 Å². The number of benzene rings is 1. The summed E-state index contributed by atoms with van der Waals surface area (Å²) in [6, 6.07) is 4.86. The van der Waals surface area contributed by atoms with E-state index in [1.54, 1.807) is 13.1 Å². The molecule has 0 radical (unpaired) electrons. The van der Waals surface area contributed by atoms with Gasteiger partial charge in [0.1, 0.15) is 4.90 Å². The molecule has 0 bridgehead atoms. The van der Waals surface area contributed by atoms with Crippen molar-refractivity contribution in [2.45, 2.75) is 57.5 Å². The van der Waals surface area contributed by atoms with Crippen LogP contribution in [-0.2, 0) is 26.7 Å². The first-order valence-electron chi connectivity index (χ1n) is 12.6. The second-order valence-corrected chi connectivity index (χ2v) is 12.4. The lowest BCUT2D eigenvalue weighted by Crippen LogP contribution is -2.50. The average Bonchev–Trinajstić information content (AvgIpc) is 3.38. The van der Waals surface area contributed by atoms with Crippen LogP contribution in [-0.4, -0.2) is 66.9 Å². The van der Waals surface area contributed by atoms with Crippen LogP contribution < -0.4 is 20.1 Å². The lowest BCUT2D eigenvalue weighted by Gasteiger charge is -2.25. The van der Waals surface area contributed by atoms with Gasteiger partial charge >= 0.3 is 11.8 Å². The molecular formula is C26H35N5O6S. The van der Waals surface area contributed by atoms with Crippen LogP contribution in [0.15, 0.2) is 29.3 Å². The third kappa shape index (κ3) is 5.41. The van der Waals surface area contributed by atoms with E-state index in [1.807, 2.05) is 46.8 Å². The Morgan fingerprint density at radius 2 is 1.87 bits per heavy atom. The zero-order valence-corrected chi connectivity index (χ0v) is 23.4. The Hall–Kier alpha value is -3.38. The second kappa shape index (κ2) is 10.1. The number of hydrogen-bond acceptors (Lipinski definition) is 6. The van der Waals surface area contributed by atoms with E-state index in [9.17, 15) is 22.8 Å². The Bertz CT molecular complexity index is 1400. The maximum Gasteiger partial charge on any atom is 0.311 e. The minimum Gasteiger partial charge on any atom is -0.489 e. The van der Waals surface area contributed by atoms with E-state index in [2.05, 4.69) is 15.4 Å². The third-order valence-electron chi connectivity index (χ3n) is 7.38. The first-order chi connectivity index (χ1) is 17.7. The number of hydrogen-bond donors (Lipinski definition) is 3. The highest BCUT2D eigenvalue weighted by molar-refractivity contribution is 7.89. The molecule has 2 aliphatic heterocycles. The molecule has 38 heavy (non-hydrogen) atoms. The average molecular weight is 546 g/mol. The summed E-state index contributed by atoms with van der Waals surface area (Å²) >= 11 is 0. The summed E-state index contributed by atoms with van der Waals surface area (Å²) in [5.74, 6) is -2.42. The van der Waals surface area contributed by atoms with E-state index in [1.165, 1.54) is 15.7 Å². The molecule has 2 atom stereocenters. The summed E-state index contributed by atoms with van der Waals surface area (Å²) in [4.78, 5) is 39.8. The van der Waals surface area contributed by atoms with Gasteiger partial charge in [0.15, 0.2) is 11.4 Å². The van der Waals surface area contributed by atoms with Crippen LogP contribution in [0, 0.1) is 19.8 Å². The van der Waals surface area contributed by atoms with Crippen LogP contribution >= 0.6 is 0 Å². The smallest absolute Gasteiger partial charge is 0.311 e. The number of likely N-dealkylation sites (tertiary alicyclic amines) is 1. The number of carbonyl (C=O) groups is 3. The molecule has 2 aliphatic rings. The fourth-order valence-corrected chi connectivity index (χ4v) is 6.05. The molecule has 4 rings (SSSR count). The largest absolute Gasteiger partial charge is 0.489 e. The molecule has 3 amide bonds. The Morgan fingerprint density at radius 3 is 2.53 bits per heavy atom. The van der Waals surface area contributed by atoms with Crippen LogP contribution in [0.1, 0.15) is 48.8 Å². The van der Waals surface area contributed by atoms with Crippen molar-refractivity contribution in [3.63, 3.8) is 0 Å². The molecule has 2 unspecified atom stereocenters. The van der Waals surface area contributed by atoms with Gasteiger partial charge in [0.05, 0.1) is 6.61 Å². The number of nitrogens with zero attached hydrogens (tertiary/aromatic N) is 2. The van der Waals surface area contributed by atoms with Gasteiger partial charge < -0.3 is 24.8 Å². The number of carbonyl (C=O) groups excluding carboxylic acids is 3. The molecule has 1 saturated heterocycles. The monoisotopic (exact) mass is 545 g/mol. The van der Waals surface area contributed by atoms with E-state index in [4.69, 9.17) is 4.74 Å². The van der Waals surface area contributed by atoms with Crippen molar-refractivity contribution in [2.75, 3.05) is 25.0 Å². The Morgan fingerprint density at radius 1 is 1.16 bits per heavy atom. The van der Waals surface area contributed by atoms with Gasteiger partial charge in [-0.3, -0.25) is 14.4 Å². The fraction of sp³-hybridized carbons (Fsp3) is 0.500. The number of aromatic nitrogens is 1. The Balaban J connectivity index is 1.56. The number of nitrogens with one attached hydrogen (secondary N) is 3. The van der Waals surface area contributed by atoms with Crippen molar-refractivity contribution in [3.05, 3.63) is 41.2 Å². The first-order valence-corrected chi connectivity index (χ1v) is 14.0. The van der Waals surface area contributed by atoms with Crippen LogP contribution in [0.3, 0.4) is 0 Å². The van der Waals surface area contributed by atoms with Gasteiger partial charge in [0.2, 0.25) is 10.0 Å². The van der Waals surface area contributed by atoms with E-state index >= 15 is 0 Å². The number of anilines is 1. The van der Waals surface area contributed by atoms with Crippen molar-refractivity contribution < 1.29 is 27.5 Å². The predicted molar refractivity (Wildman–Crippen MR) is 141 cm³/mol. The molecule has 2 aromatic rings. The number of fused-ring (bicyclic) bond motifs is 2. The summed E-state index contributed by atoms with van der Waals surface area (Å²) in [5.41, 5.74) is 2.18. The van der Waals surface area contributed by atoms with E-state index in [0.29, 0.717) is 12.1 Å². The highest BCUT2D eigenvalue weighted by Gasteiger charge is 2.43. The first kappa shape index (κ1) is 27.6. The number of sulfonamides is 1. The standard InChI is InChI=1S/C26H35N5O6S/c1-7-26(4,5)28-24(33)25(34)31-11-17-14-37-22-20(38(35,36)29-19(17)12-31)13-30(6)21(22)23(32)27-18-9-8-15(2)16(3)10-18/h8-10,13,17,19,29H,7,11-12,14H2,1-6H3,(H,27,32)(H,28,33). The number of rotatable bonds is 4. The molecule has 206 valence electrons. The number of aryl methyl sites for hydroxylation is 3. The lowest BCUT2D eigenvalue weighted by atomic mass is 10.0. The maximum atomic E-state index is 13.3. The van der Waals surface area contributed by atoms with Crippen molar-refractivity contribution in [1.29, 1.82) is 0 Å². The van der Waals surface area contributed by atoms with Gasteiger partial charge in [-0.25, -0.2) is 13.1 Å². The second-order valence-electron chi connectivity index (χ2n) is 10.7. The molecule has 12 heteroatoms. The molecular weight excluding hydrogens is 510 g/mol. The van der Waals surface area contributed by atoms with Gasteiger partial charge in [-0.15, -0.1) is 0 Å². The predicted octanol–water partition coefficient (Wildman–Crippen LogP) is 1.70. The molecule has 1 aromatic heterocycles. The van der Waals surface area contributed by atoms with Crippen molar-refractivity contribution in [2.24, 2.45) is 13.0 Å². The normalized spacial score (nSPS) is 20.4.